The maximum atomic E-state index is 14.8. The average Bonchev–Trinajstić information content (AvgIpc) is 3.83. The van der Waals surface area contributed by atoms with Crippen molar-refractivity contribution < 1.29 is 43.0 Å². The minimum atomic E-state index is -2.29. The van der Waals surface area contributed by atoms with Crippen molar-refractivity contribution in [2.45, 2.75) is 121 Å². The van der Waals surface area contributed by atoms with Crippen LogP contribution in [0.3, 0.4) is 0 Å². The lowest BCUT2D eigenvalue weighted by atomic mass is 9.58. The standard InChI is InChI=1S/C43H59N7O9/c1-39(2,24-57-7)50(31-10-8-20-48(31)42(33(44)51,35(53)58-37(46)55)40(3,4)29-22-25-12-16-27(29)17-13-25)32-11-9-21-49(32)43(34(45)52,36(54)59-38(47)56)41(5,6)30-23-26-14-18-28(30)19-15-26/h12-19,29-32H,8-11,20-24H2,1-7H3,(H2,44,51)(H2,45,52)(H2,46,55)(H2,47,56)/t29?,30?,31?,32?,42-,43-/m0/s1. The predicted octanol–water partition coefficient (Wildman–Crippen LogP) is 2.98. The molecule has 16 heteroatoms. The topological polar surface area (TPSA) is 244 Å². The molecule has 0 spiro atoms. The first-order valence-electron chi connectivity index (χ1n) is 20.2. The lowest BCUT2D eigenvalue weighted by Crippen LogP contribution is -2.78. The van der Waals surface area contributed by atoms with Crippen LogP contribution in [0.15, 0.2) is 48.5 Å². The molecule has 2 saturated heterocycles. The van der Waals surface area contributed by atoms with E-state index in [0.717, 1.165) is 22.3 Å². The van der Waals surface area contributed by atoms with Crippen LogP contribution in [0, 0.1) is 10.8 Å². The number of nitrogens with two attached hydrogens (primary N) is 4. The highest BCUT2D eigenvalue weighted by Crippen LogP contribution is 2.56. The zero-order valence-corrected chi connectivity index (χ0v) is 35.1. The molecule has 2 aromatic rings. The van der Waals surface area contributed by atoms with Gasteiger partial charge in [0.1, 0.15) is 0 Å². The number of hydrogen-bond donors (Lipinski definition) is 4. The van der Waals surface area contributed by atoms with Gasteiger partial charge in [-0.3, -0.25) is 24.3 Å². The van der Waals surface area contributed by atoms with Crippen LogP contribution in [-0.2, 0) is 46.2 Å². The van der Waals surface area contributed by atoms with Crippen LogP contribution < -0.4 is 22.9 Å². The van der Waals surface area contributed by atoms with Gasteiger partial charge in [0.25, 0.3) is 0 Å². The summed E-state index contributed by atoms with van der Waals surface area (Å²) in [7, 11) is 1.54. The maximum absolute atomic E-state index is 14.8. The number of rotatable bonds is 15. The first-order chi connectivity index (χ1) is 27.6. The van der Waals surface area contributed by atoms with Gasteiger partial charge in [0, 0.05) is 36.6 Å². The molecule has 2 aliphatic heterocycles. The maximum Gasteiger partial charge on any atom is 0.412 e. The van der Waals surface area contributed by atoms with E-state index in [4.69, 9.17) is 37.1 Å². The molecule has 0 aromatic heterocycles. The van der Waals surface area contributed by atoms with Crippen molar-refractivity contribution in [2.24, 2.45) is 33.8 Å². The third-order valence-corrected chi connectivity index (χ3v) is 14.1. The first-order valence-corrected chi connectivity index (χ1v) is 20.2. The molecule has 4 unspecified atom stereocenters. The van der Waals surface area contributed by atoms with Crippen molar-refractivity contribution in [1.82, 2.24) is 14.7 Å². The molecule has 6 atom stereocenters. The SMILES string of the molecule is COCC(C)(C)N(C1CCCN1[C@@](C(N)=O)(C(=O)OC(N)=O)C(C)(C)C1Cc2ccc1cc2)C1CCCN1[C@@](C(N)=O)(C(=O)OC(N)=O)C(C)(C)C1Cc2ccc1cc2. The molecule has 0 saturated carbocycles. The molecule has 320 valence electrons. The Morgan fingerprint density at radius 2 is 0.983 bits per heavy atom. The number of methoxy groups -OCH3 is 1. The van der Waals surface area contributed by atoms with Crippen LogP contribution in [0.2, 0.25) is 0 Å². The third kappa shape index (κ3) is 6.77. The lowest BCUT2D eigenvalue weighted by molar-refractivity contribution is -0.196. The minimum absolute atomic E-state index is 0.113. The van der Waals surface area contributed by atoms with Gasteiger partial charge in [0.05, 0.1) is 18.9 Å². The lowest BCUT2D eigenvalue weighted by Gasteiger charge is -2.59. The van der Waals surface area contributed by atoms with E-state index in [1.165, 1.54) is 0 Å². The van der Waals surface area contributed by atoms with Gasteiger partial charge in [-0.25, -0.2) is 19.2 Å². The molecule has 2 fully saturated rings. The zero-order valence-electron chi connectivity index (χ0n) is 35.1. The van der Waals surface area contributed by atoms with Crippen LogP contribution in [0.5, 0.6) is 0 Å². The number of nitrogens with zero attached hydrogens (tertiary/aromatic N) is 3. The van der Waals surface area contributed by atoms with Crippen molar-refractivity contribution in [2.75, 3.05) is 26.8 Å². The molecular formula is C43H59N7O9. The summed E-state index contributed by atoms with van der Waals surface area (Å²) in [5.74, 6) is -5.31. The van der Waals surface area contributed by atoms with Crippen LogP contribution in [-0.4, -0.2) is 106 Å². The zero-order chi connectivity index (χ0) is 43.5. The number of benzene rings is 2. The molecule has 4 aliphatic carbocycles. The Morgan fingerprint density at radius 3 is 1.25 bits per heavy atom. The van der Waals surface area contributed by atoms with Gasteiger partial charge in [-0.2, -0.15) is 0 Å². The Balaban J connectivity index is 1.57. The molecule has 8 N–H and O–H groups in total. The summed E-state index contributed by atoms with van der Waals surface area (Å²) in [6, 6.07) is 15.7. The van der Waals surface area contributed by atoms with Gasteiger partial charge in [0.2, 0.25) is 22.9 Å². The van der Waals surface area contributed by atoms with Crippen molar-refractivity contribution in [3.05, 3.63) is 70.8 Å². The monoisotopic (exact) mass is 817 g/mol. The van der Waals surface area contributed by atoms with E-state index in [1.807, 2.05) is 62.4 Å². The second-order valence-electron chi connectivity index (χ2n) is 18.3. The number of amides is 4. The Kier molecular flexibility index (Phi) is 11.6. The molecule has 4 bridgehead atoms. The van der Waals surface area contributed by atoms with E-state index in [9.17, 15) is 28.8 Å². The van der Waals surface area contributed by atoms with Crippen LogP contribution in [0.25, 0.3) is 0 Å². The Morgan fingerprint density at radius 1 is 0.627 bits per heavy atom. The van der Waals surface area contributed by atoms with Gasteiger partial charge in [-0.05, 0) is 86.5 Å². The normalized spacial score (nSPS) is 24.1. The number of fused-ring (bicyclic) bond motifs is 6. The van der Waals surface area contributed by atoms with Crippen LogP contribution >= 0.6 is 0 Å². The second-order valence-corrected chi connectivity index (χ2v) is 18.3. The van der Waals surface area contributed by atoms with E-state index in [2.05, 4.69) is 4.90 Å². The van der Waals surface area contributed by atoms with Gasteiger partial charge in [0.15, 0.2) is 0 Å². The highest BCUT2D eigenvalue weighted by molar-refractivity contribution is 6.11. The fraction of sp³-hybridized carbons (Fsp3) is 0.581. The molecule has 8 rings (SSSR count). The number of likely N-dealkylation sites (tertiary alicyclic amines) is 2. The van der Waals surface area contributed by atoms with Gasteiger partial charge >= 0.3 is 24.1 Å². The van der Waals surface area contributed by atoms with E-state index < -0.39 is 87.6 Å². The first kappa shape index (κ1) is 43.7. The van der Waals surface area contributed by atoms with Gasteiger partial charge < -0.3 is 37.1 Å². The second kappa shape index (κ2) is 15.6. The highest BCUT2D eigenvalue weighted by atomic mass is 16.6. The van der Waals surface area contributed by atoms with Crippen molar-refractivity contribution >= 4 is 35.9 Å². The summed E-state index contributed by atoms with van der Waals surface area (Å²) < 4.78 is 16.3. The fourth-order valence-corrected chi connectivity index (χ4v) is 11.6. The molecule has 4 amide bonds. The summed E-state index contributed by atoms with van der Waals surface area (Å²) in [6.45, 7) is 11.4. The van der Waals surface area contributed by atoms with Crippen LogP contribution in [0.1, 0.15) is 101 Å². The summed E-state index contributed by atoms with van der Waals surface area (Å²) in [6.07, 6.45) is -1.78. The molecule has 0 radical (unpaired) electrons. The number of carbonyl (C=O) groups is 6. The van der Waals surface area contributed by atoms with Crippen molar-refractivity contribution in [3.63, 3.8) is 0 Å². The number of carbonyl (C=O) groups excluding carboxylic acids is 6. The Bertz CT molecular complexity index is 1870. The molecule has 2 aromatic carbocycles. The van der Waals surface area contributed by atoms with E-state index in [0.29, 0.717) is 38.5 Å². The average molecular weight is 818 g/mol. The van der Waals surface area contributed by atoms with Crippen molar-refractivity contribution in [1.29, 1.82) is 0 Å². The van der Waals surface area contributed by atoms with E-state index >= 15 is 0 Å². The minimum Gasteiger partial charge on any atom is -0.383 e. The van der Waals surface area contributed by atoms with E-state index in [1.54, 1.807) is 44.6 Å². The largest absolute Gasteiger partial charge is 0.412 e. The highest BCUT2D eigenvalue weighted by Gasteiger charge is 2.70. The number of esters is 2. The number of hydrogen-bond acceptors (Lipinski definition) is 12. The summed E-state index contributed by atoms with van der Waals surface area (Å²) in [4.78, 5) is 88.9. The predicted molar refractivity (Wildman–Crippen MR) is 216 cm³/mol. The summed E-state index contributed by atoms with van der Waals surface area (Å²) in [5, 5.41) is 0. The van der Waals surface area contributed by atoms with Crippen LogP contribution in [0.4, 0.5) is 9.59 Å². The Hall–Kier alpha value is -4.90. The number of primary amides is 4. The van der Waals surface area contributed by atoms with Gasteiger partial charge in [-0.15, -0.1) is 0 Å². The Labute approximate surface area is 345 Å². The smallest absolute Gasteiger partial charge is 0.383 e. The van der Waals surface area contributed by atoms with E-state index in [-0.39, 0.29) is 19.7 Å². The molecular weight excluding hydrogens is 759 g/mol. The molecule has 2 heterocycles. The molecule has 6 aliphatic rings. The fourth-order valence-electron chi connectivity index (χ4n) is 11.6. The summed E-state index contributed by atoms with van der Waals surface area (Å²) in [5.41, 5.74) is 19.5. The number of ether oxygens (including phenoxy) is 3. The quantitative estimate of drug-likeness (QED) is 0.150. The van der Waals surface area contributed by atoms with Crippen molar-refractivity contribution in [3.8, 4) is 0 Å². The third-order valence-electron chi connectivity index (χ3n) is 14.1. The molecule has 59 heavy (non-hydrogen) atoms. The van der Waals surface area contributed by atoms with Gasteiger partial charge in [-0.1, -0.05) is 76.2 Å². The molecule has 16 nitrogen and oxygen atoms in total. The summed E-state index contributed by atoms with van der Waals surface area (Å²) >= 11 is 0.